The maximum Gasteiger partial charge on any atom is 0.336 e. The molecule has 0 amide bonds. The van der Waals surface area contributed by atoms with Crippen LogP contribution in [0.1, 0.15) is 0 Å². The Morgan fingerprint density at radius 1 is 1.52 bits per heavy atom. The number of hydrogen-bond donors (Lipinski definition) is 4. The predicted octanol–water partition coefficient (Wildman–Crippen LogP) is -0.438. The molecule has 5 N–H and O–H groups in total. The second kappa shape index (κ2) is 5.72. The Kier molecular flexibility index (Phi) is 4.16. The minimum absolute atomic E-state index is 0.0122. The molecule has 0 radical (unpaired) electrons. The number of anilines is 1. The van der Waals surface area contributed by atoms with Gasteiger partial charge in [0.2, 0.25) is 10.0 Å². The van der Waals surface area contributed by atoms with E-state index in [1.807, 2.05) is 0 Å². The maximum atomic E-state index is 12.2. The number of aliphatic hydroxyl groups excluding tert-OH is 1. The zero-order valence-electron chi connectivity index (χ0n) is 11.2. The lowest BCUT2D eigenvalue weighted by Gasteiger charge is -2.10. The molecular formula is C12H15N3O5S. The molecule has 0 aliphatic rings. The molecule has 1 unspecified atom stereocenters. The minimum Gasteiger partial charge on any atom is -0.467 e. The molecule has 114 valence electrons. The molecule has 1 heterocycles. The molecule has 0 aliphatic heterocycles. The first-order chi connectivity index (χ1) is 9.85. The molecule has 0 bridgehead atoms. The highest BCUT2D eigenvalue weighted by molar-refractivity contribution is 7.89. The van der Waals surface area contributed by atoms with Gasteiger partial charge in [0.15, 0.2) is 6.10 Å². The number of sulfonamides is 1. The van der Waals surface area contributed by atoms with E-state index in [1.54, 1.807) is 12.1 Å². The normalized spacial score (nSPS) is 13.2. The second-order valence-corrected chi connectivity index (χ2v) is 6.08. The van der Waals surface area contributed by atoms with E-state index in [9.17, 15) is 18.3 Å². The van der Waals surface area contributed by atoms with Gasteiger partial charge in [-0.15, -0.1) is 0 Å². The van der Waals surface area contributed by atoms with Crippen molar-refractivity contribution in [3.05, 3.63) is 24.4 Å². The Labute approximate surface area is 121 Å². The van der Waals surface area contributed by atoms with Gasteiger partial charge in [0.05, 0.1) is 7.11 Å². The fourth-order valence-corrected chi connectivity index (χ4v) is 3.03. The van der Waals surface area contributed by atoms with E-state index in [0.29, 0.717) is 16.6 Å². The third kappa shape index (κ3) is 3.15. The molecule has 2 rings (SSSR count). The molecule has 0 saturated carbocycles. The van der Waals surface area contributed by atoms with Crippen LogP contribution in [0.5, 0.6) is 0 Å². The number of H-pyrrole nitrogens is 1. The largest absolute Gasteiger partial charge is 0.467 e. The molecule has 1 aromatic heterocycles. The van der Waals surface area contributed by atoms with Crippen molar-refractivity contribution < 1.29 is 23.1 Å². The third-order valence-corrected chi connectivity index (χ3v) is 4.36. The van der Waals surface area contributed by atoms with Gasteiger partial charge in [0.1, 0.15) is 4.90 Å². The second-order valence-electron chi connectivity index (χ2n) is 4.35. The number of nitrogen functional groups attached to an aromatic ring is 1. The number of aromatic nitrogens is 1. The number of hydrogen-bond acceptors (Lipinski definition) is 6. The number of fused-ring (bicyclic) bond motifs is 1. The number of rotatable bonds is 5. The van der Waals surface area contributed by atoms with E-state index >= 15 is 0 Å². The van der Waals surface area contributed by atoms with Crippen LogP contribution in [0.2, 0.25) is 0 Å². The van der Waals surface area contributed by atoms with Crippen molar-refractivity contribution in [2.75, 3.05) is 19.4 Å². The van der Waals surface area contributed by atoms with Crippen LogP contribution in [0.4, 0.5) is 5.69 Å². The average molecular weight is 313 g/mol. The molecule has 0 spiro atoms. The number of benzene rings is 1. The summed E-state index contributed by atoms with van der Waals surface area (Å²) in [7, 11) is -2.80. The van der Waals surface area contributed by atoms with Crippen LogP contribution in [-0.2, 0) is 19.6 Å². The van der Waals surface area contributed by atoms with Crippen molar-refractivity contribution >= 4 is 32.6 Å². The number of esters is 1. The zero-order valence-corrected chi connectivity index (χ0v) is 12.0. The molecular weight excluding hydrogens is 298 g/mol. The van der Waals surface area contributed by atoms with E-state index in [1.165, 1.54) is 12.3 Å². The smallest absolute Gasteiger partial charge is 0.336 e. The lowest BCUT2D eigenvalue weighted by atomic mass is 10.2. The summed E-state index contributed by atoms with van der Waals surface area (Å²) in [4.78, 5) is 13.8. The lowest BCUT2D eigenvalue weighted by Crippen LogP contribution is -2.37. The van der Waals surface area contributed by atoms with Gasteiger partial charge in [-0.3, -0.25) is 0 Å². The summed E-state index contributed by atoms with van der Waals surface area (Å²) in [6.45, 7) is -0.482. The topological polar surface area (TPSA) is 135 Å². The van der Waals surface area contributed by atoms with Crippen LogP contribution in [0.25, 0.3) is 10.9 Å². The van der Waals surface area contributed by atoms with E-state index < -0.39 is 28.6 Å². The van der Waals surface area contributed by atoms with E-state index in [-0.39, 0.29) is 4.90 Å². The molecule has 1 aromatic carbocycles. The SMILES string of the molecule is COC(=O)C(O)CNS(=O)(=O)c1c[nH]c2ccc(N)cc12. The maximum absolute atomic E-state index is 12.2. The van der Waals surface area contributed by atoms with Gasteiger partial charge in [-0.2, -0.15) is 0 Å². The number of aromatic amines is 1. The molecule has 1 atom stereocenters. The zero-order chi connectivity index (χ0) is 15.6. The predicted molar refractivity (Wildman–Crippen MR) is 75.9 cm³/mol. The lowest BCUT2D eigenvalue weighted by molar-refractivity contribution is -0.149. The minimum atomic E-state index is -3.90. The molecule has 2 aromatic rings. The van der Waals surface area contributed by atoms with Crippen LogP contribution in [0.15, 0.2) is 29.3 Å². The molecule has 21 heavy (non-hydrogen) atoms. The molecule has 8 nitrogen and oxygen atoms in total. The van der Waals surface area contributed by atoms with Crippen molar-refractivity contribution in [2.24, 2.45) is 0 Å². The van der Waals surface area contributed by atoms with Gasteiger partial charge in [-0.1, -0.05) is 0 Å². The van der Waals surface area contributed by atoms with Gasteiger partial charge in [0.25, 0.3) is 0 Å². The molecule has 0 aliphatic carbocycles. The van der Waals surface area contributed by atoms with E-state index in [2.05, 4.69) is 14.4 Å². The number of carbonyl (C=O) groups is 1. The highest BCUT2D eigenvalue weighted by Gasteiger charge is 2.23. The Hall–Kier alpha value is -2.10. The quantitative estimate of drug-likeness (QED) is 0.437. The van der Waals surface area contributed by atoms with Gasteiger partial charge in [-0.05, 0) is 18.2 Å². The van der Waals surface area contributed by atoms with E-state index in [4.69, 9.17) is 5.73 Å². The summed E-state index contributed by atoms with van der Waals surface area (Å²) in [5, 5.41) is 9.83. The van der Waals surface area contributed by atoms with Crippen molar-refractivity contribution in [1.82, 2.24) is 9.71 Å². The van der Waals surface area contributed by atoms with Crippen LogP contribution >= 0.6 is 0 Å². The summed E-state index contributed by atoms with van der Waals surface area (Å²) in [5.74, 6) is -0.916. The number of ether oxygens (including phenoxy) is 1. The fourth-order valence-electron chi connectivity index (χ4n) is 1.82. The summed E-state index contributed by atoms with van der Waals surface area (Å²) in [6.07, 6.45) is -0.253. The monoisotopic (exact) mass is 313 g/mol. The standard InChI is InChI=1S/C12H15N3O5S/c1-20-12(17)10(16)5-15-21(18,19)11-6-14-9-3-2-7(13)4-8(9)11/h2-4,6,10,14-16H,5,13H2,1H3. The van der Waals surface area contributed by atoms with Crippen molar-refractivity contribution in [2.45, 2.75) is 11.0 Å². The number of aliphatic hydroxyl groups is 1. The first-order valence-corrected chi connectivity index (χ1v) is 7.45. The van der Waals surface area contributed by atoms with Gasteiger partial charge in [0, 0.05) is 29.3 Å². The average Bonchev–Trinajstić information content (AvgIpc) is 2.87. The van der Waals surface area contributed by atoms with Crippen LogP contribution in [-0.4, -0.2) is 44.2 Å². The number of carbonyl (C=O) groups excluding carboxylic acids is 1. The Morgan fingerprint density at radius 2 is 2.24 bits per heavy atom. The summed E-state index contributed by atoms with van der Waals surface area (Å²) < 4.78 is 30.9. The Bertz CT molecular complexity index is 768. The molecule has 0 fully saturated rings. The Balaban J connectivity index is 2.26. The van der Waals surface area contributed by atoms with Crippen molar-refractivity contribution in [3.8, 4) is 0 Å². The molecule has 9 heteroatoms. The Morgan fingerprint density at radius 3 is 2.90 bits per heavy atom. The summed E-state index contributed by atoms with van der Waals surface area (Å²) >= 11 is 0. The summed E-state index contributed by atoms with van der Waals surface area (Å²) in [6, 6.07) is 4.83. The van der Waals surface area contributed by atoms with Crippen LogP contribution in [0.3, 0.4) is 0 Å². The molecule has 0 saturated heterocycles. The first kappa shape index (κ1) is 15.3. The van der Waals surface area contributed by atoms with Crippen LogP contribution < -0.4 is 10.5 Å². The summed E-state index contributed by atoms with van der Waals surface area (Å²) in [5.41, 5.74) is 6.68. The van der Waals surface area contributed by atoms with Crippen molar-refractivity contribution in [3.63, 3.8) is 0 Å². The third-order valence-electron chi connectivity index (χ3n) is 2.90. The van der Waals surface area contributed by atoms with Crippen LogP contribution in [0, 0.1) is 0 Å². The van der Waals surface area contributed by atoms with Gasteiger partial charge >= 0.3 is 5.97 Å². The first-order valence-electron chi connectivity index (χ1n) is 5.97. The fraction of sp³-hybridized carbons (Fsp3) is 0.250. The van der Waals surface area contributed by atoms with Gasteiger partial charge < -0.3 is 20.6 Å². The highest BCUT2D eigenvalue weighted by atomic mass is 32.2. The number of nitrogens with two attached hydrogens (primary N) is 1. The number of methoxy groups -OCH3 is 1. The highest BCUT2D eigenvalue weighted by Crippen LogP contribution is 2.24. The van der Waals surface area contributed by atoms with E-state index in [0.717, 1.165) is 7.11 Å². The number of nitrogens with one attached hydrogen (secondary N) is 2. The van der Waals surface area contributed by atoms with Crippen molar-refractivity contribution in [1.29, 1.82) is 0 Å². The van der Waals surface area contributed by atoms with Gasteiger partial charge in [-0.25, -0.2) is 17.9 Å².